The molecule has 0 radical (unpaired) electrons. The van der Waals surface area contributed by atoms with Crippen LogP contribution in [0.25, 0.3) is 0 Å². The van der Waals surface area contributed by atoms with E-state index in [9.17, 15) is 13.2 Å². The maximum Gasteiger partial charge on any atom is 0.416 e. The van der Waals surface area contributed by atoms with Gasteiger partial charge < -0.3 is 15.4 Å². The molecule has 2 rings (SSSR count). The normalized spacial score (nSPS) is 15.6. The highest BCUT2D eigenvalue weighted by atomic mass is 127. The molecule has 1 aliphatic rings. The molecule has 0 unspecified atom stereocenters. The fourth-order valence-corrected chi connectivity index (χ4v) is 2.85. The highest BCUT2D eigenvalue weighted by molar-refractivity contribution is 14.0. The average Bonchev–Trinajstić information content (AvgIpc) is 3.10. The first-order chi connectivity index (χ1) is 12.0. The summed E-state index contributed by atoms with van der Waals surface area (Å²) in [6, 6.07) is 5.29. The van der Waals surface area contributed by atoms with Crippen molar-refractivity contribution in [1.29, 1.82) is 0 Å². The third kappa shape index (κ3) is 8.11. The van der Waals surface area contributed by atoms with Gasteiger partial charge >= 0.3 is 6.18 Å². The number of guanidine groups is 1. The topological polar surface area (TPSA) is 45.7 Å². The van der Waals surface area contributed by atoms with Gasteiger partial charge in [-0.3, -0.25) is 4.99 Å². The van der Waals surface area contributed by atoms with Gasteiger partial charge in [0.1, 0.15) is 0 Å². The quantitative estimate of drug-likeness (QED) is 0.262. The van der Waals surface area contributed by atoms with Crippen LogP contribution in [0.2, 0.25) is 0 Å². The molecule has 0 bridgehead atoms. The van der Waals surface area contributed by atoms with Gasteiger partial charge in [-0.25, -0.2) is 0 Å². The molecule has 1 fully saturated rings. The number of alkyl halides is 3. The number of aliphatic imine (C=N–C) groups is 1. The Hall–Kier alpha value is -1.03. The maximum atomic E-state index is 12.7. The molecule has 1 aliphatic carbocycles. The van der Waals surface area contributed by atoms with E-state index in [1.807, 2.05) is 0 Å². The van der Waals surface area contributed by atoms with E-state index >= 15 is 0 Å². The highest BCUT2D eigenvalue weighted by Gasteiger charge is 2.30. The summed E-state index contributed by atoms with van der Waals surface area (Å²) in [5.74, 6) is 0.568. The molecule has 1 aromatic carbocycles. The maximum absolute atomic E-state index is 12.7. The highest BCUT2D eigenvalue weighted by Crippen LogP contribution is 2.29. The first-order valence-corrected chi connectivity index (χ1v) is 8.71. The summed E-state index contributed by atoms with van der Waals surface area (Å²) >= 11 is 0. The van der Waals surface area contributed by atoms with Gasteiger partial charge in [-0.2, -0.15) is 13.2 Å². The number of hydrogen-bond donors (Lipinski definition) is 2. The van der Waals surface area contributed by atoms with Crippen LogP contribution >= 0.6 is 24.0 Å². The van der Waals surface area contributed by atoms with E-state index in [2.05, 4.69) is 15.6 Å². The zero-order valence-electron chi connectivity index (χ0n) is 14.9. The first kappa shape index (κ1) is 23.0. The minimum absolute atomic E-state index is 0. The van der Waals surface area contributed by atoms with Crippen molar-refractivity contribution >= 4 is 29.9 Å². The number of rotatable bonds is 7. The largest absolute Gasteiger partial charge is 0.416 e. The summed E-state index contributed by atoms with van der Waals surface area (Å²) in [5.41, 5.74) is -0.0823. The molecular weight excluding hydrogens is 458 g/mol. The van der Waals surface area contributed by atoms with Crippen LogP contribution in [0.3, 0.4) is 0 Å². The van der Waals surface area contributed by atoms with Crippen molar-refractivity contribution in [3.8, 4) is 0 Å². The second-order valence-electron chi connectivity index (χ2n) is 6.18. The Morgan fingerprint density at radius 2 is 1.96 bits per heavy atom. The van der Waals surface area contributed by atoms with Crippen molar-refractivity contribution in [3.05, 3.63) is 35.4 Å². The zero-order chi connectivity index (χ0) is 18.1. The lowest BCUT2D eigenvalue weighted by atomic mass is 10.1. The summed E-state index contributed by atoms with van der Waals surface area (Å²) in [5, 5.41) is 6.17. The standard InChI is InChI=1S/C18H26F3N3O.HI/c1-22-17(23-10-5-11-25-16-8-2-3-9-16)24-13-14-6-4-7-15(12-14)18(19,20)21;/h4,6-7,12,16H,2-3,5,8-11,13H2,1H3,(H2,22,23,24);1H. The molecule has 0 saturated heterocycles. The predicted molar refractivity (Wildman–Crippen MR) is 108 cm³/mol. The monoisotopic (exact) mass is 485 g/mol. The molecule has 26 heavy (non-hydrogen) atoms. The number of halogens is 4. The van der Waals surface area contributed by atoms with Crippen LogP contribution < -0.4 is 10.6 Å². The molecular formula is C18H27F3IN3O. The SMILES string of the molecule is CN=C(NCCCOC1CCCC1)NCc1cccc(C(F)(F)F)c1.I. The van der Waals surface area contributed by atoms with Crippen LogP contribution in [-0.4, -0.2) is 32.3 Å². The lowest BCUT2D eigenvalue weighted by Crippen LogP contribution is -2.37. The second-order valence-corrected chi connectivity index (χ2v) is 6.18. The molecule has 0 heterocycles. The third-order valence-electron chi connectivity index (χ3n) is 4.21. The number of nitrogens with one attached hydrogen (secondary N) is 2. The molecule has 0 atom stereocenters. The van der Waals surface area contributed by atoms with Crippen LogP contribution in [0.4, 0.5) is 13.2 Å². The summed E-state index contributed by atoms with van der Waals surface area (Å²) in [7, 11) is 1.64. The number of hydrogen-bond acceptors (Lipinski definition) is 2. The van der Waals surface area contributed by atoms with Crippen molar-refractivity contribution in [3.63, 3.8) is 0 Å². The van der Waals surface area contributed by atoms with Gasteiger partial charge in [-0.05, 0) is 37.0 Å². The van der Waals surface area contributed by atoms with Crippen LogP contribution in [0, 0.1) is 0 Å². The van der Waals surface area contributed by atoms with Gasteiger partial charge in [0, 0.05) is 26.7 Å². The summed E-state index contributed by atoms with van der Waals surface area (Å²) in [6.07, 6.45) is 1.79. The molecule has 0 aliphatic heterocycles. The third-order valence-corrected chi connectivity index (χ3v) is 4.21. The minimum atomic E-state index is -4.32. The lowest BCUT2D eigenvalue weighted by Gasteiger charge is -2.14. The van der Waals surface area contributed by atoms with Crippen molar-refractivity contribution in [1.82, 2.24) is 10.6 Å². The smallest absolute Gasteiger partial charge is 0.378 e. The predicted octanol–water partition coefficient (Wildman–Crippen LogP) is 4.34. The van der Waals surface area contributed by atoms with Crippen LogP contribution in [0.5, 0.6) is 0 Å². The van der Waals surface area contributed by atoms with Gasteiger partial charge in [-0.1, -0.05) is 25.0 Å². The van der Waals surface area contributed by atoms with E-state index in [4.69, 9.17) is 4.74 Å². The molecule has 0 spiro atoms. The summed E-state index contributed by atoms with van der Waals surface area (Å²) < 4.78 is 43.9. The van der Waals surface area contributed by atoms with E-state index in [0.29, 0.717) is 30.8 Å². The van der Waals surface area contributed by atoms with E-state index in [-0.39, 0.29) is 30.5 Å². The first-order valence-electron chi connectivity index (χ1n) is 8.71. The van der Waals surface area contributed by atoms with E-state index in [0.717, 1.165) is 31.4 Å². The molecule has 8 heteroatoms. The number of nitrogens with zero attached hydrogens (tertiary/aromatic N) is 1. The van der Waals surface area contributed by atoms with Crippen molar-refractivity contribution in [2.75, 3.05) is 20.2 Å². The van der Waals surface area contributed by atoms with Gasteiger partial charge in [0.15, 0.2) is 5.96 Å². The average molecular weight is 485 g/mol. The second kappa shape index (κ2) is 11.6. The van der Waals surface area contributed by atoms with E-state index in [1.165, 1.54) is 18.9 Å². The van der Waals surface area contributed by atoms with E-state index < -0.39 is 11.7 Å². The lowest BCUT2D eigenvalue weighted by molar-refractivity contribution is -0.137. The molecule has 0 aromatic heterocycles. The fraction of sp³-hybridized carbons (Fsp3) is 0.611. The fourth-order valence-electron chi connectivity index (χ4n) is 2.85. The van der Waals surface area contributed by atoms with Crippen molar-refractivity contribution in [2.24, 2.45) is 4.99 Å². The Morgan fingerprint density at radius 1 is 1.23 bits per heavy atom. The Labute approximate surface area is 170 Å². The van der Waals surface area contributed by atoms with E-state index in [1.54, 1.807) is 13.1 Å². The Balaban J connectivity index is 0.00000338. The molecule has 4 nitrogen and oxygen atoms in total. The Morgan fingerprint density at radius 3 is 2.62 bits per heavy atom. The van der Waals surface area contributed by atoms with Gasteiger partial charge in [-0.15, -0.1) is 24.0 Å². The van der Waals surface area contributed by atoms with Crippen LogP contribution in [0.1, 0.15) is 43.2 Å². The molecule has 0 amide bonds. The molecule has 1 saturated carbocycles. The Bertz CT molecular complexity index is 561. The van der Waals surface area contributed by atoms with Gasteiger partial charge in [0.25, 0.3) is 0 Å². The van der Waals surface area contributed by atoms with Gasteiger partial charge in [0.2, 0.25) is 0 Å². The molecule has 1 aromatic rings. The number of ether oxygens (including phenoxy) is 1. The summed E-state index contributed by atoms with van der Waals surface area (Å²) in [6.45, 7) is 1.69. The molecule has 2 N–H and O–H groups in total. The van der Waals surface area contributed by atoms with Gasteiger partial charge in [0.05, 0.1) is 11.7 Å². The Kier molecular flexibility index (Phi) is 10.3. The minimum Gasteiger partial charge on any atom is -0.378 e. The van der Waals surface area contributed by atoms with Crippen molar-refractivity contribution in [2.45, 2.75) is 50.9 Å². The van der Waals surface area contributed by atoms with Crippen LogP contribution in [0.15, 0.2) is 29.3 Å². The molecule has 148 valence electrons. The zero-order valence-corrected chi connectivity index (χ0v) is 17.3. The summed E-state index contributed by atoms with van der Waals surface area (Å²) in [4.78, 5) is 4.08. The van der Waals surface area contributed by atoms with Crippen molar-refractivity contribution < 1.29 is 17.9 Å². The number of benzene rings is 1. The van der Waals surface area contributed by atoms with Crippen LogP contribution in [-0.2, 0) is 17.5 Å².